The van der Waals surface area contributed by atoms with Crippen molar-refractivity contribution in [2.24, 2.45) is 0 Å². The van der Waals surface area contributed by atoms with Gasteiger partial charge >= 0.3 is 5.97 Å². The zero-order chi connectivity index (χ0) is 13.1. The molecule has 0 saturated heterocycles. The Labute approximate surface area is 105 Å². The number of hydrogen-bond donors (Lipinski definition) is 0. The first-order chi connectivity index (χ1) is 8.63. The molecule has 0 N–H and O–H groups in total. The smallest absolute Gasteiger partial charge is 0.341 e. The molecule has 2 aromatic heterocycles. The van der Waals surface area contributed by atoms with Gasteiger partial charge in [-0.15, -0.1) is 0 Å². The van der Waals surface area contributed by atoms with Gasteiger partial charge in [-0.05, 0) is 32.4 Å². The summed E-state index contributed by atoms with van der Waals surface area (Å²) in [5.41, 5.74) is 2.28. The quantitative estimate of drug-likeness (QED) is 0.777. The summed E-state index contributed by atoms with van der Waals surface area (Å²) < 4.78 is 6.60. The van der Waals surface area contributed by atoms with E-state index in [1.165, 1.54) is 6.20 Å². The van der Waals surface area contributed by atoms with E-state index in [1.54, 1.807) is 17.8 Å². The van der Waals surface area contributed by atoms with Gasteiger partial charge in [-0.25, -0.2) is 14.5 Å². The predicted octanol–water partition coefficient (Wildman–Crippen LogP) is 2.06. The van der Waals surface area contributed by atoms with Crippen LogP contribution in [-0.4, -0.2) is 27.3 Å². The van der Waals surface area contributed by atoms with E-state index in [1.807, 2.05) is 26.0 Å². The van der Waals surface area contributed by atoms with Crippen molar-refractivity contribution in [1.82, 2.24) is 14.8 Å². The van der Waals surface area contributed by atoms with Gasteiger partial charge in [-0.2, -0.15) is 5.10 Å². The molecule has 0 unspecified atom stereocenters. The van der Waals surface area contributed by atoms with Crippen molar-refractivity contribution in [1.29, 1.82) is 0 Å². The Morgan fingerprint density at radius 2 is 2.11 bits per heavy atom. The number of pyridine rings is 1. The highest BCUT2D eigenvalue weighted by molar-refractivity contribution is 5.90. The van der Waals surface area contributed by atoms with Gasteiger partial charge in [0.05, 0.1) is 18.5 Å². The van der Waals surface area contributed by atoms with Gasteiger partial charge in [0.15, 0.2) is 5.82 Å². The summed E-state index contributed by atoms with van der Waals surface area (Å²) >= 11 is 0. The topological polar surface area (TPSA) is 57.0 Å². The van der Waals surface area contributed by atoms with Crippen LogP contribution in [0.1, 0.15) is 28.5 Å². The van der Waals surface area contributed by atoms with E-state index in [0.29, 0.717) is 18.0 Å². The second-order valence-electron chi connectivity index (χ2n) is 3.97. The molecule has 0 saturated carbocycles. The molecule has 0 spiro atoms. The summed E-state index contributed by atoms with van der Waals surface area (Å²) in [5.74, 6) is 0.335. The Bertz CT molecular complexity index is 558. The molecule has 18 heavy (non-hydrogen) atoms. The standard InChI is InChI=1S/C13H15N3O2/c1-4-18-13(17)11-8-15-16(10(11)3)12-6-5-9(2)7-14-12/h5-8H,4H2,1-3H3. The van der Waals surface area contributed by atoms with Crippen LogP contribution in [0.25, 0.3) is 5.82 Å². The molecule has 0 aliphatic rings. The van der Waals surface area contributed by atoms with Crippen molar-refractivity contribution in [3.63, 3.8) is 0 Å². The van der Waals surface area contributed by atoms with E-state index < -0.39 is 0 Å². The summed E-state index contributed by atoms with van der Waals surface area (Å²) in [7, 11) is 0. The number of aromatic nitrogens is 3. The third-order valence-electron chi connectivity index (χ3n) is 2.62. The first-order valence-electron chi connectivity index (χ1n) is 5.78. The van der Waals surface area contributed by atoms with Gasteiger partial charge in [0.25, 0.3) is 0 Å². The van der Waals surface area contributed by atoms with Crippen LogP contribution in [-0.2, 0) is 4.74 Å². The molecular weight excluding hydrogens is 230 g/mol. The van der Waals surface area contributed by atoms with Crippen molar-refractivity contribution in [2.45, 2.75) is 20.8 Å². The van der Waals surface area contributed by atoms with Crippen molar-refractivity contribution in [2.75, 3.05) is 6.61 Å². The number of carbonyl (C=O) groups is 1. The zero-order valence-electron chi connectivity index (χ0n) is 10.7. The summed E-state index contributed by atoms with van der Waals surface area (Å²) in [6.45, 7) is 5.92. The van der Waals surface area contributed by atoms with Gasteiger partial charge in [-0.3, -0.25) is 0 Å². The molecule has 2 rings (SSSR count). The van der Waals surface area contributed by atoms with Crippen molar-refractivity contribution in [3.8, 4) is 5.82 Å². The van der Waals surface area contributed by atoms with Crippen molar-refractivity contribution < 1.29 is 9.53 Å². The van der Waals surface area contributed by atoms with Crippen LogP contribution < -0.4 is 0 Å². The minimum Gasteiger partial charge on any atom is -0.462 e. The number of esters is 1. The van der Waals surface area contributed by atoms with E-state index in [4.69, 9.17) is 4.74 Å². The Morgan fingerprint density at radius 1 is 1.33 bits per heavy atom. The highest BCUT2D eigenvalue weighted by atomic mass is 16.5. The van der Waals surface area contributed by atoms with Gasteiger partial charge < -0.3 is 4.74 Å². The molecule has 5 heteroatoms. The number of hydrogen-bond acceptors (Lipinski definition) is 4. The monoisotopic (exact) mass is 245 g/mol. The second kappa shape index (κ2) is 5.00. The highest BCUT2D eigenvalue weighted by Crippen LogP contribution is 2.13. The minimum atomic E-state index is -0.353. The Hall–Kier alpha value is -2.17. The van der Waals surface area contributed by atoms with Crippen LogP contribution in [0, 0.1) is 13.8 Å². The molecule has 0 radical (unpaired) electrons. The molecule has 0 atom stereocenters. The first-order valence-corrected chi connectivity index (χ1v) is 5.78. The Balaban J connectivity index is 2.36. The number of aryl methyl sites for hydroxylation is 1. The Morgan fingerprint density at radius 3 is 2.72 bits per heavy atom. The van der Waals surface area contributed by atoms with E-state index in [0.717, 1.165) is 11.3 Å². The van der Waals surface area contributed by atoms with Gasteiger partial charge in [0.2, 0.25) is 0 Å². The van der Waals surface area contributed by atoms with Crippen LogP contribution in [0.4, 0.5) is 0 Å². The lowest BCUT2D eigenvalue weighted by Gasteiger charge is -2.04. The summed E-state index contributed by atoms with van der Waals surface area (Å²) in [6, 6.07) is 3.82. The number of ether oxygens (including phenoxy) is 1. The Kier molecular flexibility index (Phi) is 3.41. The third kappa shape index (κ3) is 2.25. The molecule has 94 valence electrons. The molecule has 2 heterocycles. The fourth-order valence-corrected chi connectivity index (χ4v) is 1.64. The molecule has 2 aromatic rings. The first kappa shape index (κ1) is 12.3. The lowest BCUT2D eigenvalue weighted by atomic mass is 10.2. The van der Waals surface area contributed by atoms with Crippen molar-refractivity contribution >= 4 is 5.97 Å². The van der Waals surface area contributed by atoms with Crippen molar-refractivity contribution in [3.05, 3.63) is 41.3 Å². The van der Waals surface area contributed by atoms with Gasteiger partial charge in [-0.1, -0.05) is 6.07 Å². The van der Waals surface area contributed by atoms with E-state index in [-0.39, 0.29) is 5.97 Å². The summed E-state index contributed by atoms with van der Waals surface area (Å²) in [5, 5.41) is 4.17. The lowest BCUT2D eigenvalue weighted by molar-refractivity contribution is 0.0525. The maximum atomic E-state index is 11.7. The fraction of sp³-hybridized carbons (Fsp3) is 0.308. The van der Waals surface area contributed by atoms with Gasteiger partial charge in [0, 0.05) is 6.20 Å². The molecule has 0 fully saturated rings. The van der Waals surface area contributed by atoms with Crippen LogP contribution in [0.3, 0.4) is 0 Å². The zero-order valence-corrected chi connectivity index (χ0v) is 10.7. The third-order valence-corrected chi connectivity index (χ3v) is 2.62. The maximum absolute atomic E-state index is 11.7. The maximum Gasteiger partial charge on any atom is 0.341 e. The summed E-state index contributed by atoms with van der Waals surface area (Å²) in [6.07, 6.45) is 3.27. The predicted molar refractivity (Wildman–Crippen MR) is 66.8 cm³/mol. The average Bonchev–Trinajstić information content (AvgIpc) is 2.73. The van der Waals surface area contributed by atoms with Gasteiger partial charge in [0.1, 0.15) is 5.56 Å². The molecule has 5 nitrogen and oxygen atoms in total. The van der Waals surface area contributed by atoms with E-state index >= 15 is 0 Å². The van der Waals surface area contributed by atoms with Crippen LogP contribution in [0.2, 0.25) is 0 Å². The second-order valence-corrected chi connectivity index (χ2v) is 3.97. The van der Waals surface area contributed by atoms with Crippen LogP contribution in [0.15, 0.2) is 24.5 Å². The highest BCUT2D eigenvalue weighted by Gasteiger charge is 2.16. The normalized spacial score (nSPS) is 10.4. The van der Waals surface area contributed by atoms with Crippen LogP contribution >= 0.6 is 0 Å². The molecule has 0 amide bonds. The summed E-state index contributed by atoms with van der Waals surface area (Å²) in [4.78, 5) is 15.9. The van der Waals surface area contributed by atoms with E-state index in [9.17, 15) is 4.79 Å². The van der Waals surface area contributed by atoms with E-state index in [2.05, 4.69) is 10.1 Å². The number of carbonyl (C=O) groups excluding carboxylic acids is 1. The molecule has 0 aliphatic heterocycles. The molecule has 0 aliphatic carbocycles. The SMILES string of the molecule is CCOC(=O)c1cnn(-c2ccc(C)cn2)c1C. The molecule has 0 aromatic carbocycles. The number of nitrogens with zero attached hydrogens (tertiary/aromatic N) is 3. The average molecular weight is 245 g/mol. The minimum absolute atomic E-state index is 0.353. The lowest BCUT2D eigenvalue weighted by Crippen LogP contribution is -2.07. The largest absolute Gasteiger partial charge is 0.462 e. The fourth-order valence-electron chi connectivity index (χ4n) is 1.64. The molecular formula is C13H15N3O2. The van der Waals surface area contributed by atoms with Crippen LogP contribution in [0.5, 0.6) is 0 Å². The number of rotatable bonds is 3. The molecule has 0 bridgehead atoms.